The maximum atomic E-state index is 12.0. The highest BCUT2D eigenvalue weighted by atomic mass is 16.3. The highest BCUT2D eigenvalue weighted by Gasteiger charge is 2.23. The molecule has 0 saturated carbocycles. The molecule has 0 aliphatic carbocycles. The fourth-order valence-corrected chi connectivity index (χ4v) is 1.85. The lowest BCUT2D eigenvalue weighted by atomic mass is 9.94. The minimum absolute atomic E-state index is 0.0108. The number of aliphatic hydroxyl groups excluding tert-OH is 1. The van der Waals surface area contributed by atoms with E-state index in [0.717, 1.165) is 12.0 Å². The number of aryl methyl sites for hydroxylation is 1. The monoisotopic (exact) mass is 249 g/mol. The van der Waals surface area contributed by atoms with E-state index in [2.05, 4.69) is 5.32 Å². The molecule has 0 aliphatic heterocycles. The number of amides is 1. The molecular formula is C15H23NO2. The Balaban J connectivity index is 2.58. The maximum absolute atomic E-state index is 12.0. The van der Waals surface area contributed by atoms with Crippen molar-refractivity contribution in [2.75, 3.05) is 6.61 Å². The highest BCUT2D eigenvalue weighted by Crippen LogP contribution is 2.14. The van der Waals surface area contributed by atoms with Crippen LogP contribution in [0.15, 0.2) is 24.3 Å². The average Bonchev–Trinajstić information content (AvgIpc) is 2.32. The van der Waals surface area contributed by atoms with Crippen LogP contribution in [0.2, 0.25) is 0 Å². The first-order chi connectivity index (χ1) is 8.49. The molecule has 0 heterocycles. The van der Waals surface area contributed by atoms with Crippen molar-refractivity contribution in [1.82, 2.24) is 5.32 Å². The van der Waals surface area contributed by atoms with Crippen molar-refractivity contribution in [1.29, 1.82) is 0 Å². The fraction of sp³-hybridized carbons (Fsp3) is 0.533. The number of carbonyl (C=O) groups is 1. The topological polar surface area (TPSA) is 49.3 Å². The van der Waals surface area contributed by atoms with Crippen molar-refractivity contribution < 1.29 is 9.90 Å². The zero-order valence-corrected chi connectivity index (χ0v) is 11.5. The summed E-state index contributed by atoms with van der Waals surface area (Å²) in [6.45, 7) is 6.10. The van der Waals surface area contributed by atoms with Gasteiger partial charge in [0.1, 0.15) is 0 Å². The maximum Gasteiger partial charge on any atom is 0.224 e. The van der Waals surface area contributed by atoms with Crippen molar-refractivity contribution in [2.45, 2.75) is 45.6 Å². The number of nitrogens with one attached hydrogen (secondary N) is 1. The van der Waals surface area contributed by atoms with Gasteiger partial charge in [-0.3, -0.25) is 4.79 Å². The van der Waals surface area contributed by atoms with E-state index in [1.807, 2.05) is 45.0 Å². The van der Waals surface area contributed by atoms with E-state index in [9.17, 15) is 4.79 Å². The van der Waals surface area contributed by atoms with Crippen molar-refractivity contribution >= 4 is 5.91 Å². The Morgan fingerprint density at radius 2 is 1.94 bits per heavy atom. The van der Waals surface area contributed by atoms with E-state index < -0.39 is 0 Å². The van der Waals surface area contributed by atoms with Crippen LogP contribution in [0.25, 0.3) is 0 Å². The first-order valence-electron chi connectivity index (χ1n) is 6.46. The summed E-state index contributed by atoms with van der Waals surface area (Å²) in [7, 11) is 0. The van der Waals surface area contributed by atoms with Crippen LogP contribution in [0.5, 0.6) is 0 Å². The Morgan fingerprint density at radius 1 is 1.33 bits per heavy atom. The third-order valence-corrected chi connectivity index (χ3v) is 3.37. The lowest BCUT2D eigenvalue weighted by Crippen LogP contribution is -2.46. The molecule has 0 aliphatic rings. The standard InChI is InChI=1S/C15H23NO2/c1-4-15(3,9-10-17)16-14(18)11-13-7-5-12(2)6-8-13/h5-8,17H,4,9-11H2,1-3H3,(H,16,18). The summed E-state index contributed by atoms with van der Waals surface area (Å²) in [5.41, 5.74) is 1.90. The number of hydrogen-bond acceptors (Lipinski definition) is 2. The van der Waals surface area contributed by atoms with Crippen LogP contribution in [-0.4, -0.2) is 23.2 Å². The van der Waals surface area contributed by atoms with Crippen LogP contribution in [0.1, 0.15) is 37.8 Å². The molecule has 3 heteroatoms. The molecule has 0 fully saturated rings. The van der Waals surface area contributed by atoms with Gasteiger partial charge in [0, 0.05) is 12.1 Å². The molecule has 1 unspecified atom stereocenters. The summed E-state index contributed by atoms with van der Waals surface area (Å²) in [5.74, 6) is 0.0108. The number of benzene rings is 1. The number of hydrogen-bond donors (Lipinski definition) is 2. The first kappa shape index (κ1) is 14.7. The second-order valence-corrected chi connectivity index (χ2v) is 5.10. The van der Waals surface area contributed by atoms with Gasteiger partial charge in [-0.25, -0.2) is 0 Å². The largest absolute Gasteiger partial charge is 0.396 e. The summed E-state index contributed by atoms with van der Waals surface area (Å²) >= 11 is 0. The molecule has 0 bridgehead atoms. The quantitative estimate of drug-likeness (QED) is 0.812. The van der Waals surface area contributed by atoms with Crippen LogP contribution in [-0.2, 0) is 11.2 Å². The Morgan fingerprint density at radius 3 is 2.44 bits per heavy atom. The van der Waals surface area contributed by atoms with Crippen LogP contribution >= 0.6 is 0 Å². The number of aliphatic hydroxyl groups is 1. The van der Waals surface area contributed by atoms with Crippen LogP contribution in [0.4, 0.5) is 0 Å². The van der Waals surface area contributed by atoms with E-state index in [1.165, 1.54) is 5.56 Å². The molecule has 0 radical (unpaired) electrons. The molecule has 0 aromatic heterocycles. The number of rotatable bonds is 6. The normalized spacial score (nSPS) is 14.0. The van der Waals surface area contributed by atoms with E-state index in [-0.39, 0.29) is 18.1 Å². The van der Waals surface area contributed by atoms with Gasteiger partial charge in [-0.05, 0) is 32.3 Å². The van der Waals surface area contributed by atoms with Crippen molar-refractivity contribution in [3.8, 4) is 0 Å². The minimum Gasteiger partial charge on any atom is -0.396 e. The number of carbonyl (C=O) groups excluding carboxylic acids is 1. The van der Waals surface area contributed by atoms with Crippen molar-refractivity contribution in [3.05, 3.63) is 35.4 Å². The van der Waals surface area contributed by atoms with Crippen molar-refractivity contribution in [3.63, 3.8) is 0 Å². The van der Waals surface area contributed by atoms with Gasteiger partial charge >= 0.3 is 0 Å². The van der Waals surface area contributed by atoms with Crippen LogP contribution < -0.4 is 5.32 Å². The molecule has 1 aromatic carbocycles. The molecule has 0 spiro atoms. The van der Waals surface area contributed by atoms with Gasteiger partial charge < -0.3 is 10.4 Å². The average molecular weight is 249 g/mol. The molecule has 1 amide bonds. The van der Waals surface area contributed by atoms with E-state index in [0.29, 0.717) is 12.8 Å². The van der Waals surface area contributed by atoms with Crippen molar-refractivity contribution in [2.24, 2.45) is 0 Å². The van der Waals surface area contributed by atoms with Gasteiger partial charge in [-0.15, -0.1) is 0 Å². The van der Waals surface area contributed by atoms with Gasteiger partial charge in [-0.1, -0.05) is 36.8 Å². The molecule has 1 rings (SSSR count). The Hall–Kier alpha value is -1.35. The second-order valence-electron chi connectivity index (χ2n) is 5.10. The Kier molecular flexibility index (Phi) is 5.35. The van der Waals surface area contributed by atoms with Gasteiger partial charge in [0.2, 0.25) is 5.91 Å². The molecule has 3 nitrogen and oxygen atoms in total. The summed E-state index contributed by atoms with van der Waals surface area (Å²) in [4.78, 5) is 12.0. The summed E-state index contributed by atoms with van der Waals surface area (Å²) < 4.78 is 0. The molecule has 1 aromatic rings. The molecule has 2 N–H and O–H groups in total. The van der Waals surface area contributed by atoms with E-state index >= 15 is 0 Å². The molecular weight excluding hydrogens is 226 g/mol. The van der Waals surface area contributed by atoms with E-state index in [1.54, 1.807) is 0 Å². The first-order valence-corrected chi connectivity index (χ1v) is 6.46. The molecule has 100 valence electrons. The smallest absolute Gasteiger partial charge is 0.224 e. The minimum atomic E-state index is -0.309. The van der Waals surface area contributed by atoms with Crippen LogP contribution in [0, 0.1) is 6.92 Å². The van der Waals surface area contributed by atoms with Gasteiger partial charge in [-0.2, -0.15) is 0 Å². The van der Waals surface area contributed by atoms with E-state index in [4.69, 9.17) is 5.11 Å². The second kappa shape index (κ2) is 6.55. The SMILES string of the molecule is CCC(C)(CCO)NC(=O)Cc1ccc(C)cc1. The molecule has 1 atom stereocenters. The molecule has 0 saturated heterocycles. The third kappa shape index (κ3) is 4.49. The highest BCUT2D eigenvalue weighted by molar-refractivity contribution is 5.79. The molecule has 18 heavy (non-hydrogen) atoms. The predicted octanol–water partition coefficient (Wildman–Crippen LogP) is 2.20. The third-order valence-electron chi connectivity index (χ3n) is 3.37. The van der Waals surface area contributed by atoms with Gasteiger partial charge in [0.05, 0.1) is 6.42 Å². The summed E-state index contributed by atoms with van der Waals surface area (Å²) in [5, 5.41) is 12.0. The predicted molar refractivity (Wildman–Crippen MR) is 73.4 cm³/mol. The Bertz CT molecular complexity index is 386. The fourth-order valence-electron chi connectivity index (χ4n) is 1.85. The zero-order chi connectivity index (χ0) is 13.6. The Labute approximate surface area is 109 Å². The zero-order valence-electron chi connectivity index (χ0n) is 11.5. The lowest BCUT2D eigenvalue weighted by Gasteiger charge is -2.29. The van der Waals surface area contributed by atoms with Crippen LogP contribution in [0.3, 0.4) is 0 Å². The summed E-state index contributed by atoms with van der Waals surface area (Å²) in [6, 6.07) is 7.97. The summed E-state index contributed by atoms with van der Waals surface area (Å²) in [6.07, 6.45) is 1.79. The van der Waals surface area contributed by atoms with Gasteiger partial charge in [0.25, 0.3) is 0 Å². The lowest BCUT2D eigenvalue weighted by molar-refractivity contribution is -0.122. The van der Waals surface area contributed by atoms with Gasteiger partial charge in [0.15, 0.2) is 0 Å².